The highest BCUT2D eigenvalue weighted by atomic mass is 16.3. The Morgan fingerprint density at radius 1 is 1.00 bits per heavy atom. The highest BCUT2D eigenvalue weighted by molar-refractivity contribution is 6.00. The summed E-state index contributed by atoms with van der Waals surface area (Å²) in [5.41, 5.74) is 3.34. The molecule has 0 aliphatic rings. The van der Waals surface area contributed by atoms with Crippen LogP contribution in [0.25, 0.3) is 10.9 Å². The molecule has 5 nitrogen and oxygen atoms in total. The number of rotatable bonds is 6. The summed E-state index contributed by atoms with van der Waals surface area (Å²) in [4.78, 5) is 13.1. The molecule has 152 valence electrons. The van der Waals surface area contributed by atoms with Crippen LogP contribution in [0.15, 0.2) is 96.2 Å². The van der Waals surface area contributed by atoms with Crippen molar-refractivity contribution >= 4 is 23.0 Å². The van der Waals surface area contributed by atoms with E-state index < -0.39 is 11.5 Å². The number of terminal acetylenes is 1. The Balaban J connectivity index is 1.65. The molecule has 5 heteroatoms. The number of carbonyl (C=O) groups is 1. The SMILES string of the molecule is C#CCn1cc(/C=N/NC(=O)C(O)(c2ccccc2)c2ccccc2)c2ccccc21. The third-order valence-electron chi connectivity index (χ3n) is 5.16. The maximum atomic E-state index is 13.1. The zero-order valence-corrected chi connectivity index (χ0v) is 16.8. The molecule has 0 bridgehead atoms. The Labute approximate surface area is 180 Å². The van der Waals surface area contributed by atoms with Crippen LogP contribution in [0.3, 0.4) is 0 Å². The van der Waals surface area contributed by atoms with Crippen molar-refractivity contribution in [1.82, 2.24) is 9.99 Å². The smallest absolute Gasteiger partial charge is 0.281 e. The molecule has 1 heterocycles. The third-order valence-corrected chi connectivity index (χ3v) is 5.16. The van der Waals surface area contributed by atoms with Crippen LogP contribution in [-0.4, -0.2) is 21.8 Å². The Morgan fingerprint density at radius 2 is 1.58 bits per heavy atom. The number of aromatic nitrogens is 1. The summed E-state index contributed by atoms with van der Waals surface area (Å²) in [7, 11) is 0. The summed E-state index contributed by atoms with van der Waals surface area (Å²) in [5, 5.41) is 16.6. The molecule has 2 N–H and O–H groups in total. The Hall–Kier alpha value is -4.14. The van der Waals surface area contributed by atoms with Crippen LogP contribution in [0.5, 0.6) is 0 Å². The summed E-state index contributed by atoms with van der Waals surface area (Å²) in [5.74, 6) is 1.99. The molecule has 1 amide bonds. The molecule has 3 aromatic carbocycles. The van der Waals surface area contributed by atoms with E-state index in [0.717, 1.165) is 16.5 Å². The first-order chi connectivity index (χ1) is 15.1. The number of hydrogen-bond donors (Lipinski definition) is 2. The fraction of sp³-hybridized carbons (Fsp3) is 0.0769. The predicted molar refractivity (Wildman–Crippen MR) is 122 cm³/mol. The molecule has 0 aliphatic heterocycles. The van der Waals surface area contributed by atoms with Crippen molar-refractivity contribution in [3.63, 3.8) is 0 Å². The minimum absolute atomic E-state index is 0.433. The molecular weight excluding hydrogens is 386 g/mol. The lowest BCUT2D eigenvalue weighted by Crippen LogP contribution is -2.43. The molecule has 0 spiro atoms. The van der Waals surface area contributed by atoms with Crippen LogP contribution in [-0.2, 0) is 16.9 Å². The van der Waals surface area contributed by atoms with E-state index in [-0.39, 0.29) is 0 Å². The molecule has 0 radical (unpaired) electrons. The van der Waals surface area contributed by atoms with Crippen molar-refractivity contribution in [3.05, 3.63) is 108 Å². The van der Waals surface area contributed by atoms with E-state index in [1.165, 1.54) is 0 Å². The van der Waals surface area contributed by atoms with Gasteiger partial charge in [0.15, 0.2) is 5.60 Å². The molecule has 0 unspecified atom stereocenters. The number of para-hydroxylation sites is 1. The molecule has 4 rings (SSSR count). The van der Waals surface area contributed by atoms with Gasteiger partial charge in [-0.15, -0.1) is 6.42 Å². The number of fused-ring (bicyclic) bond motifs is 1. The summed E-state index contributed by atoms with van der Waals surface area (Å²) >= 11 is 0. The largest absolute Gasteiger partial charge is 0.372 e. The van der Waals surface area contributed by atoms with Gasteiger partial charge in [-0.25, -0.2) is 5.43 Å². The molecule has 0 fully saturated rings. The van der Waals surface area contributed by atoms with Gasteiger partial charge in [0, 0.05) is 22.7 Å². The summed E-state index contributed by atoms with van der Waals surface area (Å²) in [6.45, 7) is 0.433. The summed E-state index contributed by atoms with van der Waals surface area (Å²) in [6, 6.07) is 25.4. The lowest BCUT2D eigenvalue weighted by atomic mass is 9.85. The second-order valence-corrected chi connectivity index (χ2v) is 7.08. The average molecular weight is 407 g/mol. The van der Waals surface area contributed by atoms with E-state index in [4.69, 9.17) is 6.42 Å². The zero-order chi connectivity index (χ0) is 21.7. The van der Waals surface area contributed by atoms with Crippen molar-refractivity contribution in [2.75, 3.05) is 0 Å². The number of nitrogens with zero attached hydrogens (tertiary/aromatic N) is 2. The molecule has 31 heavy (non-hydrogen) atoms. The highest BCUT2D eigenvalue weighted by Gasteiger charge is 2.39. The molecule has 0 saturated heterocycles. The van der Waals surface area contributed by atoms with Crippen molar-refractivity contribution in [1.29, 1.82) is 0 Å². The minimum atomic E-state index is -1.88. The van der Waals surface area contributed by atoms with Gasteiger partial charge in [0.1, 0.15) is 0 Å². The van der Waals surface area contributed by atoms with Gasteiger partial charge in [0.05, 0.1) is 12.8 Å². The van der Waals surface area contributed by atoms with E-state index in [0.29, 0.717) is 17.7 Å². The molecule has 0 saturated carbocycles. The van der Waals surface area contributed by atoms with Crippen molar-refractivity contribution in [2.45, 2.75) is 12.1 Å². The van der Waals surface area contributed by atoms with Gasteiger partial charge in [-0.3, -0.25) is 4.79 Å². The minimum Gasteiger partial charge on any atom is -0.372 e. The number of aliphatic hydroxyl groups is 1. The Bertz CT molecular complexity index is 1230. The third kappa shape index (κ3) is 3.85. The Morgan fingerprint density at radius 3 is 2.19 bits per heavy atom. The predicted octanol–water partition coefficient (Wildman–Crippen LogP) is 3.66. The first-order valence-corrected chi connectivity index (χ1v) is 9.83. The van der Waals surface area contributed by atoms with Crippen molar-refractivity contribution < 1.29 is 9.90 Å². The number of amides is 1. The van der Waals surface area contributed by atoms with Gasteiger partial charge in [0.2, 0.25) is 0 Å². The molecule has 0 atom stereocenters. The lowest BCUT2D eigenvalue weighted by molar-refractivity contribution is -0.136. The number of nitrogens with one attached hydrogen (secondary N) is 1. The van der Waals surface area contributed by atoms with E-state index >= 15 is 0 Å². The van der Waals surface area contributed by atoms with Crippen LogP contribution in [0, 0.1) is 12.3 Å². The van der Waals surface area contributed by atoms with Gasteiger partial charge in [0.25, 0.3) is 5.91 Å². The number of hydrogen-bond acceptors (Lipinski definition) is 3. The van der Waals surface area contributed by atoms with Crippen LogP contribution in [0.1, 0.15) is 16.7 Å². The Kier molecular flexibility index (Phi) is 5.65. The van der Waals surface area contributed by atoms with Crippen LogP contribution >= 0.6 is 0 Å². The second-order valence-electron chi connectivity index (χ2n) is 7.08. The highest BCUT2D eigenvalue weighted by Crippen LogP contribution is 2.30. The maximum absolute atomic E-state index is 13.1. The summed E-state index contributed by atoms with van der Waals surface area (Å²) < 4.78 is 1.95. The van der Waals surface area contributed by atoms with Gasteiger partial charge in [-0.05, 0) is 17.2 Å². The average Bonchev–Trinajstić information content (AvgIpc) is 3.17. The first-order valence-electron chi connectivity index (χ1n) is 9.83. The van der Waals surface area contributed by atoms with Gasteiger partial charge in [-0.2, -0.15) is 5.10 Å². The van der Waals surface area contributed by atoms with E-state index in [1.807, 2.05) is 47.2 Å². The normalized spacial score (nSPS) is 11.5. The molecule has 4 aromatic rings. The molecule has 0 aliphatic carbocycles. The van der Waals surface area contributed by atoms with Crippen LogP contribution in [0.4, 0.5) is 0 Å². The van der Waals surface area contributed by atoms with E-state index in [9.17, 15) is 9.90 Å². The molecule has 1 aromatic heterocycles. The van der Waals surface area contributed by atoms with Crippen molar-refractivity contribution in [3.8, 4) is 12.3 Å². The number of hydrazone groups is 1. The quantitative estimate of drug-likeness (QED) is 0.291. The van der Waals surface area contributed by atoms with Gasteiger partial charge in [-0.1, -0.05) is 84.8 Å². The topological polar surface area (TPSA) is 66.6 Å². The zero-order valence-electron chi connectivity index (χ0n) is 16.8. The standard InChI is InChI=1S/C26H21N3O2/c1-2-17-29-19-20(23-15-9-10-16-24(23)29)18-27-28-25(30)26(31,21-11-5-3-6-12-21)22-13-7-4-8-14-22/h1,3-16,18-19,31H,17H2,(H,28,30)/b27-18+. The number of benzene rings is 3. The second kappa shape index (κ2) is 8.70. The van der Waals surface area contributed by atoms with Crippen molar-refractivity contribution in [2.24, 2.45) is 5.10 Å². The van der Waals surface area contributed by atoms with Crippen LogP contribution < -0.4 is 5.43 Å². The lowest BCUT2D eigenvalue weighted by Gasteiger charge is -2.27. The van der Waals surface area contributed by atoms with Gasteiger partial charge >= 0.3 is 0 Å². The summed E-state index contributed by atoms with van der Waals surface area (Å²) in [6.07, 6.45) is 8.92. The van der Waals surface area contributed by atoms with E-state index in [2.05, 4.69) is 16.4 Å². The first kappa shape index (κ1) is 20.1. The fourth-order valence-corrected chi connectivity index (χ4v) is 3.64. The van der Waals surface area contributed by atoms with Gasteiger partial charge < -0.3 is 9.67 Å². The van der Waals surface area contributed by atoms with Crippen LogP contribution in [0.2, 0.25) is 0 Å². The fourth-order valence-electron chi connectivity index (χ4n) is 3.64. The molecular formula is C26H21N3O2. The number of carbonyl (C=O) groups excluding carboxylic acids is 1. The maximum Gasteiger partial charge on any atom is 0.281 e. The van der Waals surface area contributed by atoms with E-state index in [1.54, 1.807) is 54.7 Å². The monoisotopic (exact) mass is 407 g/mol.